The molecule has 8 heteroatoms. The van der Waals surface area contributed by atoms with Crippen molar-refractivity contribution in [2.75, 3.05) is 0 Å². The van der Waals surface area contributed by atoms with Crippen molar-refractivity contribution in [3.05, 3.63) is 47.5 Å². The molecule has 0 aromatic heterocycles. The number of imide groups is 1. The van der Waals surface area contributed by atoms with Crippen molar-refractivity contribution in [3.8, 4) is 0 Å². The van der Waals surface area contributed by atoms with E-state index in [2.05, 4.69) is 5.43 Å². The van der Waals surface area contributed by atoms with E-state index in [9.17, 15) is 27.6 Å². The zero-order valence-electron chi connectivity index (χ0n) is 14.2. The van der Waals surface area contributed by atoms with Gasteiger partial charge < -0.3 is 0 Å². The minimum absolute atomic E-state index is 0.0469. The van der Waals surface area contributed by atoms with E-state index in [1.807, 2.05) is 13.0 Å². The van der Waals surface area contributed by atoms with E-state index in [1.54, 1.807) is 6.08 Å². The third kappa shape index (κ3) is 4.71. The minimum Gasteiger partial charge on any atom is -0.272 e. The molecule has 0 aliphatic carbocycles. The Hall–Kier alpha value is -2.64. The van der Waals surface area contributed by atoms with Gasteiger partial charge >= 0.3 is 6.18 Å². The Morgan fingerprint density at radius 3 is 2.50 bits per heavy atom. The first-order valence-electron chi connectivity index (χ1n) is 8.25. The number of benzene rings is 1. The number of nitrogens with one attached hydrogen (secondary N) is 1. The molecular weight excluding hydrogens is 349 g/mol. The number of carbonyl (C=O) groups is 3. The molecule has 1 aromatic carbocycles. The zero-order valence-corrected chi connectivity index (χ0v) is 14.2. The van der Waals surface area contributed by atoms with Crippen LogP contribution in [0.1, 0.15) is 48.5 Å². The Kier molecular flexibility index (Phi) is 6.18. The van der Waals surface area contributed by atoms with Crippen LogP contribution in [0.2, 0.25) is 0 Å². The molecule has 1 aromatic rings. The van der Waals surface area contributed by atoms with Crippen LogP contribution < -0.4 is 5.43 Å². The number of halogens is 3. The van der Waals surface area contributed by atoms with Gasteiger partial charge in [-0.3, -0.25) is 19.8 Å². The molecule has 1 N–H and O–H groups in total. The van der Waals surface area contributed by atoms with E-state index in [4.69, 9.17) is 0 Å². The summed E-state index contributed by atoms with van der Waals surface area (Å²) in [5.41, 5.74) is 1.19. The van der Waals surface area contributed by atoms with Crippen molar-refractivity contribution in [3.63, 3.8) is 0 Å². The molecule has 0 saturated carbocycles. The summed E-state index contributed by atoms with van der Waals surface area (Å²) in [5, 5.41) is 0.634. The average molecular weight is 368 g/mol. The molecule has 1 heterocycles. The lowest BCUT2D eigenvalue weighted by atomic mass is 10.1. The molecular formula is C18H19F3N2O3. The summed E-state index contributed by atoms with van der Waals surface area (Å²) < 4.78 is 37.6. The van der Waals surface area contributed by atoms with Crippen molar-refractivity contribution >= 4 is 17.7 Å². The lowest BCUT2D eigenvalue weighted by Gasteiger charge is -2.15. The summed E-state index contributed by atoms with van der Waals surface area (Å²) >= 11 is 0. The van der Waals surface area contributed by atoms with Gasteiger partial charge in [0.1, 0.15) is 0 Å². The highest BCUT2D eigenvalue weighted by atomic mass is 19.4. The van der Waals surface area contributed by atoms with Gasteiger partial charge in [-0.1, -0.05) is 31.9 Å². The number of hydrazine groups is 1. The molecule has 2 rings (SSSR count). The topological polar surface area (TPSA) is 66.5 Å². The zero-order chi connectivity index (χ0) is 19.3. The van der Waals surface area contributed by atoms with Crippen molar-refractivity contribution in [1.82, 2.24) is 10.4 Å². The maximum atomic E-state index is 12.5. The SMILES string of the molecule is CCCC/C=C/C1CC(=O)N(NC(=O)c2ccc(C(F)(F)F)cc2)C1=O. The number of hydrogen-bond acceptors (Lipinski definition) is 3. The van der Waals surface area contributed by atoms with Gasteiger partial charge in [-0.05, 0) is 30.7 Å². The summed E-state index contributed by atoms with van der Waals surface area (Å²) in [6.45, 7) is 2.04. The predicted molar refractivity (Wildman–Crippen MR) is 87.5 cm³/mol. The number of amides is 3. The van der Waals surface area contributed by atoms with Crippen LogP contribution in [-0.2, 0) is 15.8 Å². The maximum absolute atomic E-state index is 12.5. The van der Waals surface area contributed by atoms with Crippen LogP contribution in [0.15, 0.2) is 36.4 Å². The molecule has 0 spiro atoms. The lowest BCUT2D eigenvalue weighted by Crippen LogP contribution is -2.46. The molecule has 1 fully saturated rings. The third-order valence-electron chi connectivity index (χ3n) is 3.96. The monoisotopic (exact) mass is 368 g/mol. The quantitative estimate of drug-likeness (QED) is 0.475. The van der Waals surface area contributed by atoms with E-state index in [0.29, 0.717) is 5.01 Å². The molecule has 1 aliphatic rings. The second-order valence-corrected chi connectivity index (χ2v) is 5.96. The van der Waals surface area contributed by atoms with Crippen LogP contribution in [0, 0.1) is 5.92 Å². The first-order valence-corrected chi connectivity index (χ1v) is 8.25. The standard InChI is InChI=1S/C18H19F3N2O3/c1-2-3-4-5-6-13-11-15(24)23(17(13)26)22-16(25)12-7-9-14(10-8-12)18(19,20)21/h5-10,13H,2-4,11H2,1H3,(H,22,25)/b6-5+. The molecule has 5 nitrogen and oxygen atoms in total. The Balaban J connectivity index is 2.01. The van der Waals surface area contributed by atoms with Crippen LogP contribution in [0.25, 0.3) is 0 Å². The molecule has 140 valence electrons. The second kappa shape index (κ2) is 8.16. The fourth-order valence-electron chi connectivity index (χ4n) is 2.48. The van der Waals surface area contributed by atoms with Gasteiger partial charge in [0.15, 0.2) is 0 Å². The summed E-state index contributed by atoms with van der Waals surface area (Å²) in [6, 6.07) is 3.51. The number of nitrogens with zero attached hydrogens (tertiary/aromatic N) is 1. The summed E-state index contributed by atoms with van der Waals surface area (Å²) in [4.78, 5) is 36.3. The highest BCUT2D eigenvalue weighted by Crippen LogP contribution is 2.29. The summed E-state index contributed by atoms with van der Waals surface area (Å²) in [5.74, 6) is -2.56. The fourth-order valence-corrected chi connectivity index (χ4v) is 2.48. The molecule has 0 radical (unpaired) electrons. The van der Waals surface area contributed by atoms with Gasteiger partial charge in [0.25, 0.3) is 11.8 Å². The van der Waals surface area contributed by atoms with Gasteiger partial charge in [0, 0.05) is 12.0 Å². The van der Waals surface area contributed by atoms with Crippen LogP contribution in [-0.4, -0.2) is 22.7 Å². The third-order valence-corrected chi connectivity index (χ3v) is 3.96. The Morgan fingerprint density at radius 1 is 1.27 bits per heavy atom. The van der Waals surface area contributed by atoms with Gasteiger partial charge in [0.2, 0.25) is 5.91 Å². The Morgan fingerprint density at radius 2 is 1.92 bits per heavy atom. The molecule has 1 atom stereocenters. The van der Waals surface area contributed by atoms with Gasteiger partial charge in [0.05, 0.1) is 11.5 Å². The minimum atomic E-state index is -4.51. The van der Waals surface area contributed by atoms with Gasteiger partial charge in [-0.25, -0.2) is 0 Å². The number of carbonyl (C=O) groups excluding carboxylic acids is 3. The number of rotatable bonds is 6. The van der Waals surface area contributed by atoms with Crippen molar-refractivity contribution in [1.29, 1.82) is 0 Å². The first kappa shape index (κ1) is 19.7. The van der Waals surface area contributed by atoms with E-state index in [0.717, 1.165) is 43.5 Å². The molecule has 1 unspecified atom stereocenters. The molecule has 3 amide bonds. The summed E-state index contributed by atoms with van der Waals surface area (Å²) in [6.07, 6.45) is 1.71. The van der Waals surface area contributed by atoms with E-state index in [-0.39, 0.29) is 12.0 Å². The smallest absolute Gasteiger partial charge is 0.272 e. The largest absolute Gasteiger partial charge is 0.416 e. The first-order chi connectivity index (χ1) is 12.2. The predicted octanol–water partition coefficient (Wildman–Crippen LogP) is 3.47. The van der Waals surface area contributed by atoms with E-state index >= 15 is 0 Å². The number of hydrogen-bond donors (Lipinski definition) is 1. The Bertz CT molecular complexity index is 711. The fraction of sp³-hybridized carbons (Fsp3) is 0.389. The number of alkyl halides is 3. The average Bonchev–Trinajstić information content (AvgIpc) is 2.85. The van der Waals surface area contributed by atoms with Crippen LogP contribution in [0.4, 0.5) is 13.2 Å². The second-order valence-electron chi connectivity index (χ2n) is 5.96. The van der Waals surface area contributed by atoms with Crippen LogP contribution in [0.5, 0.6) is 0 Å². The number of unbranched alkanes of at least 4 members (excludes halogenated alkanes) is 2. The van der Waals surface area contributed by atoms with Crippen molar-refractivity contribution in [2.45, 2.75) is 38.8 Å². The molecule has 1 saturated heterocycles. The van der Waals surface area contributed by atoms with Crippen LogP contribution in [0.3, 0.4) is 0 Å². The number of allylic oxidation sites excluding steroid dienone is 1. The normalized spacial score (nSPS) is 18.0. The van der Waals surface area contributed by atoms with Gasteiger partial charge in [-0.2, -0.15) is 18.2 Å². The van der Waals surface area contributed by atoms with E-state index in [1.165, 1.54) is 0 Å². The Labute approximate surface area is 148 Å². The van der Waals surface area contributed by atoms with Crippen LogP contribution >= 0.6 is 0 Å². The van der Waals surface area contributed by atoms with E-state index < -0.39 is 35.4 Å². The maximum Gasteiger partial charge on any atom is 0.416 e. The van der Waals surface area contributed by atoms with Crippen molar-refractivity contribution < 1.29 is 27.6 Å². The molecule has 1 aliphatic heterocycles. The van der Waals surface area contributed by atoms with Gasteiger partial charge in [-0.15, -0.1) is 0 Å². The summed E-state index contributed by atoms with van der Waals surface area (Å²) in [7, 11) is 0. The highest BCUT2D eigenvalue weighted by molar-refractivity contribution is 6.07. The highest BCUT2D eigenvalue weighted by Gasteiger charge is 2.38. The molecule has 26 heavy (non-hydrogen) atoms. The lowest BCUT2D eigenvalue weighted by molar-refractivity contribution is -0.142. The van der Waals surface area contributed by atoms with Crippen molar-refractivity contribution in [2.24, 2.45) is 5.92 Å². The molecule has 0 bridgehead atoms.